The van der Waals surface area contributed by atoms with Crippen molar-refractivity contribution in [2.24, 2.45) is 11.8 Å². The van der Waals surface area contributed by atoms with Gasteiger partial charge in [-0.1, -0.05) is 0 Å². The first-order chi connectivity index (χ1) is 15.8. The summed E-state index contributed by atoms with van der Waals surface area (Å²) in [5.74, 6) is -2.12. The van der Waals surface area contributed by atoms with Gasteiger partial charge in [-0.2, -0.15) is 26.3 Å². The van der Waals surface area contributed by atoms with Crippen LogP contribution in [0.25, 0.3) is 0 Å². The van der Waals surface area contributed by atoms with E-state index in [2.05, 4.69) is 25.8 Å². The molecule has 2 fully saturated rings. The highest BCUT2D eigenvalue weighted by atomic mass is 19.4. The van der Waals surface area contributed by atoms with Crippen molar-refractivity contribution >= 4 is 17.9 Å². The molecule has 15 heteroatoms. The molecule has 2 unspecified atom stereocenters. The summed E-state index contributed by atoms with van der Waals surface area (Å²) >= 11 is 0. The van der Waals surface area contributed by atoms with E-state index in [9.17, 15) is 26.3 Å². The van der Waals surface area contributed by atoms with E-state index >= 15 is 0 Å². The van der Waals surface area contributed by atoms with Gasteiger partial charge >= 0.3 is 24.3 Å². The molecule has 2 aromatic rings. The topological polar surface area (TPSA) is 120 Å². The van der Waals surface area contributed by atoms with Crippen LogP contribution in [0.4, 0.5) is 32.3 Å². The van der Waals surface area contributed by atoms with Crippen LogP contribution < -0.4 is 4.90 Å². The molecule has 0 aliphatic carbocycles. The van der Waals surface area contributed by atoms with Crippen LogP contribution in [0.3, 0.4) is 0 Å². The highest BCUT2D eigenvalue weighted by molar-refractivity contribution is 5.73. The van der Waals surface area contributed by atoms with E-state index in [0.717, 1.165) is 56.3 Å². The van der Waals surface area contributed by atoms with Crippen LogP contribution in [-0.2, 0) is 16.1 Å². The van der Waals surface area contributed by atoms with E-state index in [1.807, 2.05) is 24.5 Å². The van der Waals surface area contributed by atoms with Crippen LogP contribution in [0.2, 0.25) is 0 Å². The number of alkyl halides is 6. The summed E-state index contributed by atoms with van der Waals surface area (Å²) in [6.07, 6.45) is -4.78. The van der Waals surface area contributed by atoms with Crippen LogP contribution in [0, 0.1) is 11.8 Å². The van der Waals surface area contributed by atoms with Crippen molar-refractivity contribution in [1.82, 2.24) is 14.9 Å². The predicted octanol–water partition coefficient (Wildman–Crippen LogP) is 2.90. The van der Waals surface area contributed by atoms with Crippen molar-refractivity contribution in [1.29, 1.82) is 0 Å². The standard InChI is InChI=1S/C15H18N4O.2C2HF3O2/c1-3-14(20-6-1)11-18-7-12-9-19(10-13(12)8-18)15-16-4-2-5-17-15;2*3-2(4,5)1(6)7/h1-6,12-13H,7-11H2;2*(H,6,7). The molecule has 0 bridgehead atoms. The molecule has 0 radical (unpaired) electrons. The molecule has 2 aliphatic rings. The van der Waals surface area contributed by atoms with Crippen LogP contribution in [0.15, 0.2) is 41.3 Å². The zero-order valence-corrected chi connectivity index (χ0v) is 17.3. The first-order valence-corrected chi connectivity index (χ1v) is 9.64. The third-order valence-corrected chi connectivity index (χ3v) is 4.84. The number of likely N-dealkylation sites (tertiary alicyclic amines) is 1. The second-order valence-electron chi connectivity index (χ2n) is 7.35. The normalized spacial score (nSPS) is 20.0. The molecule has 0 amide bonds. The number of carbonyl (C=O) groups is 2. The summed E-state index contributed by atoms with van der Waals surface area (Å²) in [4.78, 5) is 31.3. The van der Waals surface area contributed by atoms with Gasteiger partial charge in [-0.25, -0.2) is 19.6 Å². The number of carboxylic acids is 2. The minimum atomic E-state index is -5.08. The summed E-state index contributed by atoms with van der Waals surface area (Å²) in [5, 5.41) is 14.2. The molecule has 4 heterocycles. The summed E-state index contributed by atoms with van der Waals surface area (Å²) < 4.78 is 68.9. The Kier molecular flexibility index (Phi) is 8.84. The number of rotatable bonds is 3. The lowest BCUT2D eigenvalue weighted by molar-refractivity contribution is -0.193. The number of fused-ring (bicyclic) bond motifs is 1. The number of anilines is 1. The van der Waals surface area contributed by atoms with Gasteiger partial charge in [0, 0.05) is 38.6 Å². The van der Waals surface area contributed by atoms with Crippen LogP contribution in [0.1, 0.15) is 5.76 Å². The van der Waals surface area contributed by atoms with Crippen molar-refractivity contribution < 1.29 is 50.6 Å². The van der Waals surface area contributed by atoms with E-state index in [-0.39, 0.29) is 0 Å². The number of hydrogen-bond donors (Lipinski definition) is 2. The minimum Gasteiger partial charge on any atom is -0.475 e. The van der Waals surface area contributed by atoms with Gasteiger partial charge < -0.3 is 19.5 Å². The molecule has 188 valence electrons. The number of furan rings is 1. The molecule has 4 rings (SSSR count). The molecule has 0 aromatic carbocycles. The molecule has 2 aliphatic heterocycles. The van der Waals surface area contributed by atoms with Gasteiger partial charge in [0.15, 0.2) is 0 Å². The zero-order chi connectivity index (χ0) is 25.5. The first kappa shape index (κ1) is 26.9. The maximum Gasteiger partial charge on any atom is 0.490 e. The Morgan fingerprint density at radius 3 is 1.76 bits per heavy atom. The Bertz CT molecular complexity index is 886. The molecule has 2 atom stereocenters. The second-order valence-corrected chi connectivity index (χ2v) is 7.35. The van der Waals surface area contributed by atoms with Gasteiger partial charge in [-0.15, -0.1) is 0 Å². The van der Waals surface area contributed by atoms with Crippen LogP contribution in [0.5, 0.6) is 0 Å². The summed E-state index contributed by atoms with van der Waals surface area (Å²) in [7, 11) is 0. The fourth-order valence-electron chi connectivity index (χ4n) is 3.46. The van der Waals surface area contributed by atoms with E-state index in [0.29, 0.717) is 0 Å². The van der Waals surface area contributed by atoms with Crippen molar-refractivity contribution in [3.8, 4) is 0 Å². The molecule has 2 aromatic heterocycles. The maximum atomic E-state index is 10.6. The highest BCUT2D eigenvalue weighted by Crippen LogP contribution is 2.33. The third kappa shape index (κ3) is 8.20. The molecular formula is C19H20F6N4O5. The monoisotopic (exact) mass is 498 g/mol. The van der Waals surface area contributed by atoms with Crippen LogP contribution >= 0.6 is 0 Å². The molecule has 0 saturated carbocycles. The summed E-state index contributed by atoms with van der Waals surface area (Å²) in [5.41, 5.74) is 0. The summed E-state index contributed by atoms with van der Waals surface area (Å²) in [6.45, 7) is 5.37. The number of halogens is 6. The number of nitrogens with zero attached hydrogens (tertiary/aromatic N) is 4. The number of carboxylic acid groups (broad SMARTS) is 2. The number of aromatic nitrogens is 2. The maximum absolute atomic E-state index is 10.6. The smallest absolute Gasteiger partial charge is 0.475 e. The Balaban J connectivity index is 0.000000244. The van der Waals surface area contributed by atoms with Gasteiger partial charge in [0.1, 0.15) is 5.76 Å². The fourth-order valence-corrected chi connectivity index (χ4v) is 3.46. The van der Waals surface area contributed by atoms with E-state index in [4.69, 9.17) is 24.2 Å². The van der Waals surface area contributed by atoms with Gasteiger partial charge in [0.05, 0.1) is 12.8 Å². The average molecular weight is 498 g/mol. The Morgan fingerprint density at radius 1 is 0.912 bits per heavy atom. The zero-order valence-electron chi connectivity index (χ0n) is 17.3. The Hall–Kier alpha value is -3.36. The van der Waals surface area contributed by atoms with E-state index < -0.39 is 24.3 Å². The second kappa shape index (κ2) is 11.2. The molecule has 2 N–H and O–H groups in total. The quantitative estimate of drug-likeness (QED) is 0.616. The van der Waals surface area contributed by atoms with Crippen molar-refractivity contribution in [3.63, 3.8) is 0 Å². The highest BCUT2D eigenvalue weighted by Gasteiger charge is 2.41. The van der Waals surface area contributed by atoms with Crippen molar-refractivity contribution in [3.05, 3.63) is 42.6 Å². The van der Waals surface area contributed by atoms with E-state index in [1.165, 1.54) is 0 Å². The van der Waals surface area contributed by atoms with Gasteiger partial charge in [0.2, 0.25) is 5.95 Å². The lowest BCUT2D eigenvalue weighted by atomic mass is 10.0. The molecule has 0 spiro atoms. The number of hydrogen-bond acceptors (Lipinski definition) is 7. The van der Waals surface area contributed by atoms with Crippen molar-refractivity contribution in [2.75, 3.05) is 31.1 Å². The number of aliphatic carboxylic acids is 2. The van der Waals surface area contributed by atoms with Crippen LogP contribution in [-0.4, -0.2) is 75.6 Å². The third-order valence-electron chi connectivity index (χ3n) is 4.84. The predicted molar refractivity (Wildman–Crippen MR) is 103 cm³/mol. The van der Waals surface area contributed by atoms with Gasteiger partial charge in [0.25, 0.3) is 0 Å². The molecule has 9 nitrogen and oxygen atoms in total. The minimum absolute atomic E-state index is 0.730. The first-order valence-electron chi connectivity index (χ1n) is 9.64. The van der Waals surface area contributed by atoms with Crippen molar-refractivity contribution in [2.45, 2.75) is 18.9 Å². The average Bonchev–Trinajstić information content (AvgIpc) is 3.45. The summed E-state index contributed by atoms with van der Waals surface area (Å²) in [6, 6.07) is 5.88. The largest absolute Gasteiger partial charge is 0.490 e. The molecule has 2 saturated heterocycles. The molecular weight excluding hydrogens is 478 g/mol. The Morgan fingerprint density at radius 2 is 1.38 bits per heavy atom. The Labute approximate surface area is 188 Å². The van der Waals surface area contributed by atoms with Gasteiger partial charge in [-0.05, 0) is 30.0 Å². The molecule has 34 heavy (non-hydrogen) atoms. The lowest BCUT2D eigenvalue weighted by Crippen LogP contribution is -2.29. The van der Waals surface area contributed by atoms with Gasteiger partial charge in [-0.3, -0.25) is 4.90 Å². The van der Waals surface area contributed by atoms with E-state index in [1.54, 1.807) is 6.26 Å². The lowest BCUT2D eigenvalue weighted by Gasteiger charge is -2.20. The SMILES string of the molecule is O=C(O)C(F)(F)F.O=C(O)C(F)(F)F.c1cnc(N2CC3CN(Cc4ccco4)CC3C2)nc1. The fraction of sp³-hybridized carbons (Fsp3) is 0.474.